The van der Waals surface area contributed by atoms with Crippen LogP contribution < -0.4 is 0 Å². The Morgan fingerprint density at radius 3 is 0.627 bits per heavy atom. The molecule has 0 aromatic heterocycles. The van der Waals surface area contributed by atoms with Crippen molar-refractivity contribution in [1.82, 2.24) is 29.4 Å². The van der Waals surface area contributed by atoms with Gasteiger partial charge in [0.15, 0.2) is 0 Å². The van der Waals surface area contributed by atoms with Crippen molar-refractivity contribution in [2.75, 3.05) is 101 Å². The lowest BCUT2D eigenvalue weighted by Crippen LogP contribution is -2.48. The van der Waals surface area contributed by atoms with Gasteiger partial charge in [-0.15, -0.1) is 0 Å². The number of benzene rings is 9. The second kappa shape index (κ2) is 34.5. The van der Waals surface area contributed by atoms with Crippen molar-refractivity contribution in [3.63, 3.8) is 0 Å². The SMILES string of the molecule is CN(C)C(=O)C(CCN1CCC(O)(c2ccc(Cl)cc2)CC1)(c1ccccc1)c1ccccc1.CN(C)C(=O)C(CCN1CCC(O)(c2ccc(Cl)cc2)CC1)(c1ccccc1)c1ccccc1.CN(C)C(=O)C(CCN1CCC(O)(c2ccc(Cl)cc2)CC1)(c1ccccc1)c1ccccc1. The number of halogens is 3. The highest BCUT2D eigenvalue weighted by Crippen LogP contribution is 2.44. The third kappa shape index (κ3) is 17.6. The lowest BCUT2D eigenvalue weighted by Gasteiger charge is -2.41. The maximum absolute atomic E-state index is 13.8. The second-order valence-corrected chi connectivity index (χ2v) is 29.7. The van der Waals surface area contributed by atoms with Crippen LogP contribution in [-0.2, 0) is 47.4 Å². The number of likely N-dealkylation sites (tertiary alicyclic amines) is 3. The molecule has 3 heterocycles. The number of rotatable bonds is 21. The first kappa shape index (κ1) is 76.7. The van der Waals surface area contributed by atoms with E-state index in [-0.39, 0.29) is 17.7 Å². The van der Waals surface area contributed by atoms with E-state index >= 15 is 0 Å². The Balaban J connectivity index is 0.000000165. The molecule has 0 atom stereocenters. The topological polar surface area (TPSA) is 131 Å². The van der Waals surface area contributed by atoms with Crippen LogP contribution in [0, 0.1) is 0 Å². The summed E-state index contributed by atoms with van der Waals surface area (Å²) in [6, 6.07) is 83.2. The molecule has 3 aliphatic rings. The molecule has 12 nitrogen and oxygen atoms in total. The molecule has 15 heteroatoms. The van der Waals surface area contributed by atoms with Gasteiger partial charge in [0, 0.05) is 96.6 Å². The molecule has 12 rings (SSSR count). The van der Waals surface area contributed by atoms with Crippen molar-refractivity contribution in [2.45, 2.75) is 90.8 Å². The zero-order valence-corrected chi connectivity index (χ0v) is 62.1. The van der Waals surface area contributed by atoms with E-state index < -0.39 is 33.0 Å². The van der Waals surface area contributed by atoms with E-state index in [0.717, 1.165) is 109 Å². The smallest absolute Gasteiger partial charge is 0.237 e. The Labute approximate surface area is 619 Å². The summed E-state index contributed by atoms with van der Waals surface area (Å²) in [5.41, 5.74) is 4.00. The maximum atomic E-state index is 13.8. The Morgan fingerprint density at radius 2 is 0.471 bits per heavy atom. The van der Waals surface area contributed by atoms with Gasteiger partial charge in [0.05, 0.1) is 16.8 Å². The number of amides is 3. The molecule has 3 saturated heterocycles. The number of piperidine rings is 3. The lowest BCUT2D eigenvalue weighted by molar-refractivity contribution is -0.134. The van der Waals surface area contributed by atoms with Crippen LogP contribution in [0.3, 0.4) is 0 Å². The monoisotopic (exact) mass is 1430 g/mol. The maximum Gasteiger partial charge on any atom is 0.237 e. The van der Waals surface area contributed by atoms with Gasteiger partial charge in [0.1, 0.15) is 16.2 Å². The fraction of sp³-hybridized carbons (Fsp3) is 0.345. The number of hydrogen-bond donors (Lipinski definition) is 3. The summed E-state index contributed by atoms with van der Waals surface area (Å²) in [7, 11) is 11.0. The molecule has 534 valence electrons. The third-order valence-electron chi connectivity index (χ3n) is 21.5. The molecule has 3 N–H and O–H groups in total. The molecule has 0 spiro atoms. The van der Waals surface area contributed by atoms with E-state index in [1.807, 2.05) is 224 Å². The summed E-state index contributed by atoms with van der Waals surface area (Å²) in [6.07, 6.45) is 5.91. The summed E-state index contributed by atoms with van der Waals surface area (Å²) in [5, 5.41) is 35.8. The fourth-order valence-electron chi connectivity index (χ4n) is 15.5. The van der Waals surface area contributed by atoms with Crippen molar-refractivity contribution in [3.8, 4) is 0 Å². The van der Waals surface area contributed by atoms with E-state index in [1.54, 1.807) is 14.7 Å². The van der Waals surface area contributed by atoms with Crippen LogP contribution in [-0.4, -0.2) is 164 Å². The first-order chi connectivity index (χ1) is 49.0. The van der Waals surface area contributed by atoms with Crippen LogP contribution in [0.15, 0.2) is 255 Å². The van der Waals surface area contributed by atoms with Crippen molar-refractivity contribution in [2.24, 2.45) is 0 Å². The van der Waals surface area contributed by atoms with Crippen molar-refractivity contribution >= 4 is 52.5 Å². The van der Waals surface area contributed by atoms with Crippen LogP contribution in [0.5, 0.6) is 0 Å². The van der Waals surface area contributed by atoms with Gasteiger partial charge >= 0.3 is 0 Å². The van der Waals surface area contributed by atoms with Gasteiger partial charge in [-0.1, -0.05) is 253 Å². The Hall–Kier alpha value is -7.98. The molecular weight excluding hydrogens is 1330 g/mol. The number of carbonyl (C=O) groups is 3. The lowest BCUT2D eigenvalue weighted by atomic mass is 9.70. The molecule has 0 aliphatic carbocycles. The van der Waals surface area contributed by atoms with Crippen molar-refractivity contribution in [3.05, 3.63) is 320 Å². The summed E-state index contributed by atoms with van der Waals surface area (Å²) in [4.78, 5) is 53.7. The average Bonchev–Trinajstić information content (AvgIpc) is 0.769. The molecule has 9 aromatic carbocycles. The number of carbonyl (C=O) groups excluding carboxylic acids is 3. The Bertz CT molecular complexity index is 3530. The van der Waals surface area contributed by atoms with Gasteiger partial charge in [-0.2, -0.15) is 0 Å². The van der Waals surface area contributed by atoms with E-state index in [0.29, 0.717) is 72.9 Å². The van der Waals surface area contributed by atoms with Gasteiger partial charge in [0.2, 0.25) is 17.7 Å². The Morgan fingerprint density at radius 1 is 0.304 bits per heavy atom. The number of hydrogen-bond acceptors (Lipinski definition) is 9. The van der Waals surface area contributed by atoms with Gasteiger partial charge in [-0.05, 0) is 164 Å². The second-order valence-electron chi connectivity index (χ2n) is 28.4. The van der Waals surface area contributed by atoms with Crippen LogP contribution in [0.2, 0.25) is 15.1 Å². The highest BCUT2D eigenvalue weighted by molar-refractivity contribution is 6.31. The molecule has 0 radical (unpaired) electrons. The molecule has 0 saturated carbocycles. The standard InChI is InChI=1S/3C29H33ClN2O2/c3*1-31(2)27(33)29(24-9-5-3-6-10-24,25-11-7-4-8-12-25)19-22-32-20-17-28(34,18-21-32)23-13-15-26(30)16-14-23/h3*3-16,34H,17-22H2,1-2H3. The summed E-state index contributed by atoms with van der Waals surface area (Å²) in [6.45, 7) is 6.93. The molecule has 102 heavy (non-hydrogen) atoms. The molecule has 0 unspecified atom stereocenters. The summed E-state index contributed by atoms with van der Waals surface area (Å²) >= 11 is 18.1. The van der Waals surface area contributed by atoms with E-state index in [2.05, 4.69) is 87.5 Å². The quantitative estimate of drug-likeness (QED) is 0.0643. The van der Waals surface area contributed by atoms with Gasteiger partial charge < -0.3 is 44.7 Å². The average molecular weight is 1430 g/mol. The first-order valence-corrected chi connectivity index (χ1v) is 36.8. The van der Waals surface area contributed by atoms with E-state index in [9.17, 15) is 29.7 Å². The number of nitrogens with zero attached hydrogens (tertiary/aromatic N) is 6. The predicted molar refractivity (Wildman–Crippen MR) is 414 cm³/mol. The largest absolute Gasteiger partial charge is 0.385 e. The number of likely N-dealkylation sites (N-methyl/N-ethyl adjacent to an activating group) is 3. The molecule has 3 amide bonds. The summed E-state index contributed by atoms with van der Waals surface area (Å²) in [5.74, 6) is 0.249. The number of aliphatic hydroxyl groups is 3. The first-order valence-electron chi connectivity index (χ1n) is 35.7. The summed E-state index contributed by atoms with van der Waals surface area (Å²) < 4.78 is 0. The van der Waals surface area contributed by atoms with Crippen molar-refractivity contribution < 1.29 is 29.7 Å². The normalized spacial score (nSPS) is 16.2. The molecule has 0 bridgehead atoms. The minimum Gasteiger partial charge on any atom is -0.385 e. The van der Waals surface area contributed by atoms with Crippen LogP contribution in [0.1, 0.15) is 108 Å². The zero-order valence-electron chi connectivity index (χ0n) is 59.9. The van der Waals surface area contributed by atoms with Gasteiger partial charge in [0.25, 0.3) is 0 Å². The minimum absolute atomic E-state index is 0.0829. The molecule has 3 fully saturated rings. The Kier molecular flexibility index (Phi) is 26.0. The fourth-order valence-corrected chi connectivity index (χ4v) is 15.9. The third-order valence-corrected chi connectivity index (χ3v) is 22.3. The molecular formula is C87H99Cl3N6O6. The van der Waals surface area contributed by atoms with E-state index in [1.165, 1.54) is 0 Å². The van der Waals surface area contributed by atoms with Crippen molar-refractivity contribution in [1.29, 1.82) is 0 Å². The van der Waals surface area contributed by atoms with Crippen LogP contribution in [0.25, 0.3) is 0 Å². The molecule has 3 aliphatic heterocycles. The van der Waals surface area contributed by atoms with Gasteiger partial charge in [-0.3, -0.25) is 14.4 Å². The highest BCUT2D eigenvalue weighted by Gasteiger charge is 2.47. The highest BCUT2D eigenvalue weighted by atomic mass is 35.5. The van der Waals surface area contributed by atoms with Gasteiger partial charge in [-0.25, -0.2) is 0 Å². The predicted octanol–water partition coefficient (Wildman–Crippen LogP) is 15.3. The molecule has 9 aromatic rings. The van der Waals surface area contributed by atoms with Crippen LogP contribution >= 0.6 is 34.8 Å². The van der Waals surface area contributed by atoms with Crippen LogP contribution in [0.4, 0.5) is 0 Å². The van der Waals surface area contributed by atoms with E-state index in [4.69, 9.17) is 34.8 Å². The minimum atomic E-state index is -0.837. The zero-order chi connectivity index (χ0) is 72.6.